The molecular formula is C14H22N4O2S. The van der Waals surface area contributed by atoms with E-state index in [9.17, 15) is 0 Å². The van der Waals surface area contributed by atoms with Crippen LogP contribution in [0.4, 0.5) is 5.82 Å². The Morgan fingerprint density at radius 1 is 1.29 bits per heavy atom. The lowest BCUT2D eigenvalue weighted by molar-refractivity contribution is 0.194. The van der Waals surface area contributed by atoms with Crippen LogP contribution < -0.4 is 9.64 Å². The zero-order valence-corrected chi connectivity index (χ0v) is 13.0. The summed E-state index contributed by atoms with van der Waals surface area (Å²) in [7, 11) is 0. The van der Waals surface area contributed by atoms with Gasteiger partial charge < -0.3 is 14.7 Å². The van der Waals surface area contributed by atoms with E-state index in [-0.39, 0.29) is 13.2 Å². The van der Waals surface area contributed by atoms with Gasteiger partial charge in [0.2, 0.25) is 5.88 Å². The fraction of sp³-hybridized carbons (Fsp3) is 0.714. The number of hydrogen-bond donors (Lipinski definition) is 1. The molecule has 2 aliphatic rings. The van der Waals surface area contributed by atoms with Gasteiger partial charge in [-0.3, -0.25) is 9.88 Å². The van der Waals surface area contributed by atoms with Crippen LogP contribution in [0.5, 0.6) is 5.88 Å². The molecule has 0 spiro atoms. The predicted molar refractivity (Wildman–Crippen MR) is 84.1 cm³/mol. The van der Waals surface area contributed by atoms with Gasteiger partial charge in [0.15, 0.2) is 5.82 Å². The zero-order valence-electron chi connectivity index (χ0n) is 12.1. The van der Waals surface area contributed by atoms with Crippen molar-refractivity contribution in [2.24, 2.45) is 0 Å². The number of thioether (sulfide) groups is 1. The van der Waals surface area contributed by atoms with E-state index in [1.54, 1.807) is 12.4 Å². The van der Waals surface area contributed by atoms with E-state index in [1.807, 2.05) is 0 Å². The van der Waals surface area contributed by atoms with Crippen LogP contribution in [0.2, 0.25) is 0 Å². The number of hydrogen-bond acceptors (Lipinski definition) is 7. The maximum Gasteiger partial charge on any atom is 0.234 e. The molecule has 0 aromatic carbocycles. The van der Waals surface area contributed by atoms with E-state index < -0.39 is 0 Å². The Morgan fingerprint density at radius 2 is 2.14 bits per heavy atom. The number of aromatic nitrogens is 2. The van der Waals surface area contributed by atoms with Crippen molar-refractivity contribution in [2.45, 2.75) is 12.5 Å². The fourth-order valence-corrected chi connectivity index (χ4v) is 4.09. The van der Waals surface area contributed by atoms with Gasteiger partial charge in [-0.25, -0.2) is 0 Å². The summed E-state index contributed by atoms with van der Waals surface area (Å²) >= 11 is 2.07. The molecule has 2 saturated heterocycles. The second kappa shape index (κ2) is 7.29. The molecule has 0 aliphatic carbocycles. The maximum atomic E-state index is 8.79. The molecule has 6 nitrogen and oxygen atoms in total. The molecule has 3 rings (SSSR count). The first-order valence-corrected chi connectivity index (χ1v) is 8.65. The van der Waals surface area contributed by atoms with Crippen LogP contribution in [-0.4, -0.2) is 76.9 Å². The zero-order chi connectivity index (χ0) is 14.5. The molecule has 7 heteroatoms. The summed E-state index contributed by atoms with van der Waals surface area (Å²) in [5.41, 5.74) is 0. The highest BCUT2D eigenvalue weighted by atomic mass is 32.2. The lowest BCUT2D eigenvalue weighted by Gasteiger charge is -2.38. The number of piperazine rings is 1. The summed E-state index contributed by atoms with van der Waals surface area (Å²) in [6.45, 7) is 4.40. The van der Waals surface area contributed by atoms with Crippen LogP contribution in [0, 0.1) is 0 Å². The van der Waals surface area contributed by atoms with Gasteiger partial charge in [-0.2, -0.15) is 16.7 Å². The average Bonchev–Trinajstić information content (AvgIpc) is 3.08. The highest BCUT2D eigenvalue weighted by Gasteiger charge is 2.27. The van der Waals surface area contributed by atoms with Crippen molar-refractivity contribution in [3.05, 3.63) is 12.4 Å². The van der Waals surface area contributed by atoms with Crippen molar-refractivity contribution < 1.29 is 9.84 Å². The number of aliphatic hydroxyl groups excluding tert-OH is 1. The number of ether oxygens (including phenoxy) is 1. The van der Waals surface area contributed by atoms with Crippen LogP contribution >= 0.6 is 11.8 Å². The molecule has 0 saturated carbocycles. The molecule has 0 amide bonds. The standard InChI is InChI=1S/C14H22N4O2S/c19-6-7-20-14-10-15-9-13(16-14)18-4-2-17(3-5-18)12-1-8-21-11-12/h9-10,12,19H,1-8,11H2. The fourth-order valence-electron chi connectivity index (χ4n) is 2.84. The molecule has 116 valence electrons. The normalized spacial score (nSPS) is 23.5. The van der Waals surface area contributed by atoms with Crippen molar-refractivity contribution in [3.63, 3.8) is 0 Å². The van der Waals surface area contributed by atoms with Crippen LogP contribution in [0.25, 0.3) is 0 Å². The Bertz CT molecular complexity index is 448. The van der Waals surface area contributed by atoms with Crippen molar-refractivity contribution in [2.75, 3.05) is 55.8 Å². The average molecular weight is 310 g/mol. The number of aliphatic hydroxyl groups is 1. The topological polar surface area (TPSA) is 61.7 Å². The smallest absolute Gasteiger partial charge is 0.234 e. The van der Waals surface area contributed by atoms with E-state index in [1.165, 1.54) is 17.9 Å². The molecule has 21 heavy (non-hydrogen) atoms. The van der Waals surface area contributed by atoms with Gasteiger partial charge in [0.1, 0.15) is 6.61 Å². The van der Waals surface area contributed by atoms with E-state index >= 15 is 0 Å². The largest absolute Gasteiger partial charge is 0.474 e. The van der Waals surface area contributed by atoms with Crippen LogP contribution in [-0.2, 0) is 0 Å². The van der Waals surface area contributed by atoms with E-state index in [0.717, 1.165) is 38.0 Å². The van der Waals surface area contributed by atoms with Gasteiger partial charge in [0.05, 0.1) is 19.0 Å². The van der Waals surface area contributed by atoms with Gasteiger partial charge in [-0.1, -0.05) is 0 Å². The van der Waals surface area contributed by atoms with E-state index in [4.69, 9.17) is 9.84 Å². The molecule has 2 fully saturated rings. The molecule has 3 heterocycles. The summed E-state index contributed by atoms with van der Waals surface area (Å²) < 4.78 is 5.33. The maximum absolute atomic E-state index is 8.79. The highest BCUT2D eigenvalue weighted by molar-refractivity contribution is 7.99. The number of anilines is 1. The van der Waals surface area contributed by atoms with Crippen LogP contribution in [0.15, 0.2) is 12.4 Å². The molecule has 1 N–H and O–H groups in total. The monoisotopic (exact) mass is 310 g/mol. The molecule has 1 unspecified atom stereocenters. The molecular weight excluding hydrogens is 288 g/mol. The lowest BCUT2D eigenvalue weighted by Crippen LogP contribution is -2.50. The third kappa shape index (κ3) is 3.78. The Hall–Kier alpha value is -1.05. The third-order valence-corrected chi connectivity index (χ3v) is 5.15. The Morgan fingerprint density at radius 3 is 2.86 bits per heavy atom. The van der Waals surface area contributed by atoms with Gasteiger partial charge >= 0.3 is 0 Å². The predicted octanol–water partition coefficient (Wildman–Crippen LogP) is 0.475. The molecule has 2 aliphatic heterocycles. The minimum Gasteiger partial charge on any atom is -0.474 e. The van der Waals surface area contributed by atoms with Crippen LogP contribution in [0.3, 0.4) is 0 Å². The van der Waals surface area contributed by atoms with Gasteiger partial charge in [0.25, 0.3) is 0 Å². The van der Waals surface area contributed by atoms with Crippen molar-refractivity contribution >= 4 is 17.6 Å². The van der Waals surface area contributed by atoms with Gasteiger partial charge in [0, 0.05) is 38.0 Å². The molecule has 0 radical (unpaired) electrons. The minimum absolute atomic E-state index is 0.00994. The summed E-state index contributed by atoms with van der Waals surface area (Å²) in [4.78, 5) is 13.5. The molecule has 0 bridgehead atoms. The first-order valence-electron chi connectivity index (χ1n) is 7.49. The molecule has 1 aromatic rings. The summed E-state index contributed by atoms with van der Waals surface area (Å²) in [6, 6.07) is 0.766. The Balaban J connectivity index is 1.56. The summed E-state index contributed by atoms with van der Waals surface area (Å²) in [5, 5.41) is 8.79. The number of nitrogens with zero attached hydrogens (tertiary/aromatic N) is 4. The first kappa shape index (κ1) is 14.9. The second-order valence-electron chi connectivity index (χ2n) is 5.33. The van der Waals surface area contributed by atoms with E-state index in [0.29, 0.717) is 5.88 Å². The van der Waals surface area contributed by atoms with Gasteiger partial charge in [-0.15, -0.1) is 0 Å². The quantitative estimate of drug-likeness (QED) is 0.848. The third-order valence-electron chi connectivity index (χ3n) is 4.00. The van der Waals surface area contributed by atoms with Crippen molar-refractivity contribution in [3.8, 4) is 5.88 Å². The summed E-state index contributed by atoms with van der Waals surface area (Å²) in [6.07, 6.45) is 4.70. The Kier molecular flexibility index (Phi) is 5.16. The SMILES string of the molecule is OCCOc1cncc(N2CCN(C3CCSC3)CC2)n1. The second-order valence-corrected chi connectivity index (χ2v) is 6.48. The summed E-state index contributed by atoms with van der Waals surface area (Å²) in [5.74, 6) is 3.94. The minimum atomic E-state index is -0.00994. The molecule has 1 atom stereocenters. The van der Waals surface area contributed by atoms with Gasteiger partial charge in [-0.05, 0) is 12.2 Å². The molecule has 1 aromatic heterocycles. The Labute approximate surface area is 129 Å². The number of rotatable bonds is 5. The van der Waals surface area contributed by atoms with Crippen LogP contribution in [0.1, 0.15) is 6.42 Å². The lowest BCUT2D eigenvalue weighted by atomic mass is 10.2. The van der Waals surface area contributed by atoms with Crippen molar-refractivity contribution in [1.29, 1.82) is 0 Å². The first-order chi connectivity index (χ1) is 10.4. The highest BCUT2D eigenvalue weighted by Crippen LogP contribution is 2.24. The van der Waals surface area contributed by atoms with Crippen molar-refractivity contribution in [1.82, 2.24) is 14.9 Å². The van der Waals surface area contributed by atoms with E-state index in [2.05, 4.69) is 31.5 Å².